The molecular formula is C22H22N2O6S. The quantitative estimate of drug-likeness (QED) is 0.466. The van der Waals surface area contributed by atoms with Crippen LogP contribution in [0.4, 0.5) is 0 Å². The molecule has 0 aliphatic rings. The van der Waals surface area contributed by atoms with Gasteiger partial charge in [0.25, 0.3) is 5.91 Å². The van der Waals surface area contributed by atoms with Crippen molar-refractivity contribution in [3.8, 4) is 0 Å². The monoisotopic (exact) mass is 442 g/mol. The number of ether oxygens (including phenoxy) is 1. The lowest BCUT2D eigenvalue weighted by Gasteiger charge is -2.08. The van der Waals surface area contributed by atoms with Crippen LogP contribution in [0.25, 0.3) is 0 Å². The molecule has 0 spiro atoms. The highest BCUT2D eigenvalue weighted by atomic mass is 32.2. The molecule has 0 saturated carbocycles. The summed E-state index contributed by atoms with van der Waals surface area (Å²) in [6.45, 7) is 0.0227. The lowest BCUT2D eigenvalue weighted by molar-refractivity contribution is -0.124. The van der Waals surface area contributed by atoms with Crippen LogP contribution in [0.5, 0.6) is 0 Å². The van der Waals surface area contributed by atoms with Crippen LogP contribution in [0.3, 0.4) is 0 Å². The fraction of sp³-hybridized carbons (Fsp3) is 0.182. The molecule has 0 unspecified atom stereocenters. The standard InChI is InChI=1S/C22H22N2O6S/c25-21(23-13-12-17-5-2-1-3-6-17)16-30-22(26)18-8-10-20(11-9-18)31(27,28)24-15-19-7-4-14-29-19/h1-11,14,24H,12-13,15-16H2,(H,23,25). The van der Waals surface area contributed by atoms with E-state index >= 15 is 0 Å². The molecule has 0 atom stereocenters. The van der Waals surface area contributed by atoms with Crippen molar-refractivity contribution in [3.63, 3.8) is 0 Å². The van der Waals surface area contributed by atoms with Crippen molar-refractivity contribution >= 4 is 21.9 Å². The van der Waals surface area contributed by atoms with Gasteiger partial charge in [0.05, 0.1) is 23.3 Å². The Labute approximate surface area is 180 Å². The summed E-state index contributed by atoms with van der Waals surface area (Å²) < 4.78 is 37.1. The van der Waals surface area contributed by atoms with E-state index in [0.717, 1.165) is 5.56 Å². The Morgan fingerprint density at radius 1 is 0.935 bits per heavy atom. The van der Waals surface area contributed by atoms with E-state index in [-0.39, 0.29) is 17.0 Å². The Morgan fingerprint density at radius 2 is 1.68 bits per heavy atom. The summed E-state index contributed by atoms with van der Waals surface area (Å²) in [5.41, 5.74) is 1.23. The Balaban J connectivity index is 1.44. The van der Waals surface area contributed by atoms with Crippen molar-refractivity contribution < 1.29 is 27.2 Å². The van der Waals surface area contributed by atoms with Gasteiger partial charge in [-0.05, 0) is 48.4 Å². The predicted octanol–water partition coefficient (Wildman–Crippen LogP) is 2.27. The molecular weight excluding hydrogens is 420 g/mol. The third-order valence-electron chi connectivity index (χ3n) is 4.33. The van der Waals surface area contributed by atoms with E-state index in [9.17, 15) is 18.0 Å². The molecule has 0 saturated heterocycles. The number of esters is 1. The average molecular weight is 442 g/mol. The summed E-state index contributed by atoms with van der Waals surface area (Å²) >= 11 is 0. The number of sulfonamides is 1. The second kappa shape index (κ2) is 10.6. The largest absolute Gasteiger partial charge is 0.468 e. The Kier molecular flexibility index (Phi) is 7.58. The van der Waals surface area contributed by atoms with Crippen LogP contribution in [0.1, 0.15) is 21.7 Å². The number of rotatable bonds is 10. The first-order valence-electron chi connectivity index (χ1n) is 9.54. The van der Waals surface area contributed by atoms with Gasteiger partial charge in [-0.25, -0.2) is 17.9 Å². The number of carbonyl (C=O) groups is 2. The smallest absolute Gasteiger partial charge is 0.338 e. The van der Waals surface area contributed by atoms with Gasteiger partial charge in [0.15, 0.2) is 6.61 Å². The normalized spacial score (nSPS) is 11.1. The highest BCUT2D eigenvalue weighted by molar-refractivity contribution is 7.89. The van der Waals surface area contributed by atoms with Crippen molar-refractivity contribution in [1.82, 2.24) is 10.0 Å². The number of furan rings is 1. The summed E-state index contributed by atoms with van der Waals surface area (Å²) in [5.74, 6) is -0.651. The molecule has 162 valence electrons. The van der Waals surface area contributed by atoms with Crippen molar-refractivity contribution in [2.45, 2.75) is 17.9 Å². The molecule has 1 amide bonds. The first-order chi connectivity index (χ1) is 14.9. The zero-order chi connectivity index (χ0) is 22.1. The third kappa shape index (κ3) is 6.80. The third-order valence-corrected chi connectivity index (χ3v) is 5.75. The highest BCUT2D eigenvalue weighted by Crippen LogP contribution is 2.12. The lowest BCUT2D eigenvalue weighted by Crippen LogP contribution is -2.30. The number of hydrogen-bond acceptors (Lipinski definition) is 6. The molecule has 0 radical (unpaired) electrons. The van der Waals surface area contributed by atoms with E-state index in [1.807, 2.05) is 30.3 Å². The van der Waals surface area contributed by atoms with Crippen LogP contribution >= 0.6 is 0 Å². The van der Waals surface area contributed by atoms with Crippen molar-refractivity contribution in [1.29, 1.82) is 0 Å². The van der Waals surface area contributed by atoms with E-state index < -0.39 is 28.5 Å². The zero-order valence-electron chi connectivity index (χ0n) is 16.6. The topological polar surface area (TPSA) is 115 Å². The molecule has 0 fully saturated rings. The number of benzene rings is 2. The van der Waals surface area contributed by atoms with Gasteiger partial charge < -0.3 is 14.5 Å². The average Bonchev–Trinajstić information content (AvgIpc) is 3.31. The molecule has 1 aromatic heterocycles. The van der Waals surface area contributed by atoms with Gasteiger partial charge in [-0.15, -0.1) is 0 Å². The van der Waals surface area contributed by atoms with E-state index in [1.165, 1.54) is 30.5 Å². The summed E-state index contributed by atoms with van der Waals surface area (Å²) in [7, 11) is -3.76. The Bertz CT molecular complexity index is 1090. The van der Waals surface area contributed by atoms with Crippen LogP contribution in [-0.2, 0) is 32.5 Å². The van der Waals surface area contributed by atoms with E-state index in [4.69, 9.17) is 9.15 Å². The number of carbonyl (C=O) groups excluding carboxylic acids is 2. The number of amides is 1. The fourth-order valence-corrected chi connectivity index (χ4v) is 3.68. The second-order valence-corrected chi connectivity index (χ2v) is 8.36. The van der Waals surface area contributed by atoms with E-state index in [2.05, 4.69) is 10.0 Å². The highest BCUT2D eigenvalue weighted by Gasteiger charge is 2.16. The number of nitrogens with one attached hydrogen (secondary N) is 2. The lowest BCUT2D eigenvalue weighted by atomic mass is 10.1. The molecule has 2 aromatic carbocycles. The molecule has 9 heteroatoms. The van der Waals surface area contributed by atoms with Gasteiger partial charge >= 0.3 is 5.97 Å². The minimum atomic E-state index is -3.76. The fourth-order valence-electron chi connectivity index (χ4n) is 2.69. The van der Waals surface area contributed by atoms with Crippen LogP contribution in [0.2, 0.25) is 0 Å². The van der Waals surface area contributed by atoms with Crippen LogP contribution in [0.15, 0.2) is 82.3 Å². The van der Waals surface area contributed by atoms with Gasteiger partial charge in [0, 0.05) is 6.54 Å². The molecule has 3 aromatic rings. The van der Waals surface area contributed by atoms with Gasteiger partial charge in [-0.1, -0.05) is 30.3 Å². The summed E-state index contributed by atoms with van der Waals surface area (Å²) in [6, 6.07) is 18.2. The Morgan fingerprint density at radius 3 is 2.35 bits per heavy atom. The minimum absolute atomic E-state index is 0.00531. The molecule has 0 bridgehead atoms. The molecule has 1 heterocycles. The van der Waals surface area contributed by atoms with Gasteiger partial charge in [0.1, 0.15) is 5.76 Å². The molecule has 31 heavy (non-hydrogen) atoms. The van der Waals surface area contributed by atoms with E-state index in [0.29, 0.717) is 18.7 Å². The Hall–Kier alpha value is -3.43. The summed E-state index contributed by atoms with van der Waals surface area (Å²) in [6.07, 6.45) is 2.12. The predicted molar refractivity (Wildman–Crippen MR) is 113 cm³/mol. The maximum Gasteiger partial charge on any atom is 0.338 e. The molecule has 0 aliphatic carbocycles. The van der Waals surface area contributed by atoms with Crippen LogP contribution in [0, 0.1) is 0 Å². The maximum atomic E-state index is 12.3. The van der Waals surface area contributed by atoms with Gasteiger partial charge in [-0.2, -0.15) is 0 Å². The van der Waals surface area contributed by atoms with Gasteiger partial charge in [-0.3, -0.25) is 4.79 Å². The van der Waals surface area contributed by atoms with Crippen LogP contribution < -0.4 is 10.0 Å². The molecule has 8 nitrogen and oxygen atoms in total. The molecule has 2 N–H and O–H groups in total. The van der Waals surface area contributed by atoms with Gasteiger partial charge in [0.2, 0.25) is 10.0 Å². The van der Waals surface area contributed by atoms with Crippen LogP contribution in [-0.4, -0.2) is 33.4 Å². The number of hydrogen-bond donors (Lipinski definition) is 2. The SMILES string of the molecule is O=C(COC(=O)c1ccc(S(=O)(=O)NCc2ccco2)cc1)NCCc1ccccc1. The maximum absolute atomic E-state index is 12.3. The summed E-state index contributed by atoms with van der Waals surface area (Å²) in [4.78, 5) is 23.9. The summed E-state index contributed by atoms with van der Waals surface area (Å²) in [5, 5.41) is 2.68. The molecule has 0 aliphatic heterocycles. The first-order valence-corrected chi connectivity index (χ1v) is 11.0. The second-order valence-electron chi connectivity index (χ2n) is 6.59. The molecule has 3 rings (SSSR count). The van der Waals surface area contributed by atoms with Crippen molar-refractivity contribution in [3.05, 3.63) is 89.9 Å². The first kappa shape index (κ1) is 22.3. The minimum Gasteiger partial charge on any atom is -0.468 e. The zero-order valence-corrected chi connectivity index (χ0v) is 17.4. The van der Waals surface area contributed by atoms with Crippen molar-refractivity contribution in [2.24, 2.45) is 0 Å². The van der Waals surface area contributed by atoms with E-state index in [1.54, 1.807) is 12.1 Å². The van der Waals surface area contributed by atoms with Crippen molar-refractivity contribution in [2.75, 3.05) is 13.2 Å².